The van der Waals surface area contributed by atoms with Crippen molar-refractivity contribution in [3.8, 4) is 11.1 Å². The minimum Gasteiger partial charge on any atom is -0.449 e. The third-order valence-corrected chi connectivity index (χ3v) is 13.2. The van der Waals surface area contributed by atoms with Crippen molar-refractivity contribution in [1.29, 1.82) is 0 Å². The van der Waals surface area contributed by atoms with Crippen LogP contribution in [0.3, 0.4) is 0 Å². The highest BCUT2D eigenvalue weighted by Crippen LogP contribution is 2.44. The van der Waals surface area contributed by atoms with Crippen LogP contribution in [0.15, 0.2) is 72.8 Å². The van der Waals surface area contributed by atoms with Gasteiger partial charge in [-0.15, -0.1) is 0 Å². The van der Waals surface area contributed by atoms with Gasteiger partial charge in [0, 0.05) is 38.5 Å². The second-order valence-electron chi connectivity index (χ2n) is 17.6. The average Bonchev–Trinajstić information content (AvgIpc) is 3.91. The van der Waals surface area contributed by atoms with Gasteiger partial charge < -0.3 is 50.4 Å². The van der Waals surface area contributed by atoms with Gasteiger partial charge in [-0.05, 0) is 84.7 Å². The van der Waals surface area contributed by atoms with Crippen molar-refractivity contribution in [2.45, 2.75) is 107 Å². The zero-order valence-electron chi connectivity index (χ0n) is 38.0. The summed E-state index contributed by atoms with van der Waals surface area (Å²) in [5.41, 5.74) is 6.86. The van der Waals surface area contributed by atoms with Crippen molar-refractivity contribution >= 4 is 35.8 Å². The molecule has 0 spiro atoms. The number of alkyl carbamates (subject to hydrolysis) is 2. The van der Waals surface area contributed by atoms with Crippen LogP contribution < -0.4 is 26.6 Å². The molecule has 16 heteroatoms. The van der Waals surface area contributed by atoms with E-state index in [9.17, 15) is 28.8 Å². The van der Waals surface area contributed by atoms with Crippen LogP contribution >= 0.6 is 0 Å². The van der Waals surface area contributed by atoms with E-state index in [1.165, 1.54) is 24.4 Å². The van der Waals surface area contributed by atoms with Crippen LogP contribution in [0.4, 0.5) is 9.59 Å². The van der Waals surface area contributed by atoms with Crippen LogP contribution in [0.25, 0.3) is 11.1 Å². The van der Waals surface area contributed by atoms with Gasteiger partial charge in [0.2, 0.25) is 17.7 Å². The Morgan fingerprint density at radius 3 is 2.12 bits per heavy atom. The van der Waals surface area contributed by atoms with E-state index in [4.69, 9.17) is 18.9 Å². The van der Waals surface area contributed by atoms with Crippen molar-refractivity contribution in [2.75, 3.05) is 53.2 Å². The molecule has 7 rings (SSSR count). The number of hydrogen-bond acceptors (Lipinski definition) is 10. The number of likely N-dealkylation sites (tertiary alicyclic amines) is 1. The van der Waals surface area contributed by atoms with E-state index >= 15 is 0 Å². The van der Waals surface area contributed by atoms with Gasteiger partial charge >= 0.3 is 12.2 Å². The Morgan fingerprint density at radius 2 is 1.41 bits per heavy atom. The number of carbonyl (C=O) groups excluding carboxylic acids is 6. The normalized spacial score (nSPS) is 19.8. The Balaban J connectivity index is 0.867. The second-order valence-corrected chi connectivity index (χ2v) is 17.6. The molecule has 5 N–H and O–H groups in total. The smallest absolute Gasteiger partial charge is 0.407 e. The number of hydrogen-bond donors (Lipinski definition) is 5. The Kier molecular flexibility index (Phi) is 17.0. The second kappa shape index (κ2) is 23.4. The number of nitrogens with zero attached hydrogens (tertiary/aromatic N) is 1. The van der Waals surface area contributed by atoms with Gasteiger partial charge in [-0.1, -0.05) is 92.1 Å². The van der Waals surface area contributed by atoms with Crippen molar-refractivity contribution in [1.82, 2.24) is 31.5 Å². The Hall–Kier alpha value is -6.00. The standard InChI is InChI=1S/C50H64N6O10/c1-32(66-49(61)51-2)46(58)55-45(34-14-4-3-5-15-34)48(60)56-30-35(29-43(56)47(59)54-42-22-12-16-33-13-6-7-17-36(33)42)53-44(57)23-25-63-27-28-64-26-24-52-50(62)65-31-41-39-20-10-8-18-37(39)38-19-9-11-21-40(38)41/h6-11,13,17-21,32,34-35,41-43,45H,3-5,12,14-16,22-31H2,1-2H3,(H,51,61)(H,52,62)(H,53,57)(H,54,59)(H,55,58)/t32-,35-,42+,43-,45-/m0/s1. The number of fused-ring (bicyclic) bond motifs is 4. The zero-order chi connectivity index (χ0) is 46.4. The summed E-state index contributed by atoms with van der Waals surface area (Å²) in [5, 5.41) is 14.2. The van der Waals surface area contributed by atoms with E-state index in [2.05, 4.69) is 56.9 Å². The van der Waals surface area contributed by atoms with Crippen LogP contribution in [0, 0.1) is 5.92 Å². The third-order valence-electron chi connectivity index (χ3n) is 13.2. The molecule has 0 aromatic heterocycles. The fourth-order valence-corrected chi connectivity index (χ4v) is 9.84. The molecule has 6 amide bonds. The van der Waals surface area contributed by atoms with E-state index in [0.717, 1.165) is 66.3 Å². The maximum atomic E-state index is 14.7. The number of nitrogens with one attached hydrogen (secondary N) is 5. The molecule has 1 saturated carbocycles. The quantitative estimate of drug-likeness (QED) is 0.102. The van der Waals surface area contributed by atoms with Gasteiger partial charge in [-0.3, -0.25) is 19.2 Å². The third kappa shape index (κ3) is 12.3. The lowest BCUT2D eigenvalue weighted by Crippen LogP contribution is -2.58. The maximum absolute atomic E-state index is 14.7. The van der Waals surface area contributed by atoms with E-state index < -0.39 is 48.2 Å². The van der Waals surface area contributed by atoms with Crippen LogP contribution in [0.2, 0.25) is 0 Å². The number of ether oxygens (including phenoxy) is 4. The Labute approximate surface area is 386 Å². The molecule has 0 radical (unpaired) electrons. The van der Waals surface area contributed by atoms with Gasteiger partial charge in [0.1, 0.15) is 18.7 Å². The fraction of sp³-hybridized carbons (Fsp3) is 0.520. The first-order valence-corrected chi connectivity index (χ1v) is 23.5. The monoisotopic (exact) mass is 908 g/mol. The number of rotatable bonds is 19. The summed E-state index contributed by atoms with van der Waals surface area (Å²) in [4.78, 5) is 81.4. The summed E-state index contributed by atoms with van der Waals surface area (Å²) in [6.07, 6.45) is 4.64. The van der Waals surface area contributed by atoms with Gasteiger partial charge in [0.15, 0.2) is 6.10 Å². The Bertz CT molecular complexity index is 2130. The number of aryl methyl sites for hydroxylation is 1. The summed E-state index contributed by atoms with van der Waals surface area (Å²) in [7, 11) is 1.39. The molecule has 16 nitrogen and oxygen atoms in total. The topological polar surface area (TPSA) is 203 Å². The number of amides is 6. The first-order chi connectivity index (χ1) is 32.1. The predicted molar refractivity (Wildman–Crippen MR) is 245 cm³/mol. The van der Waals surface area contributed by atoms with Crippen molar-refractivity contribution < 1.29 is 47.7 Å². The van der Waals surface area contributed by atoms with Gasteiger partial charge in [0.05, 0.1) is 32.5 Å². The first kappa shape index (κ1) is 47.9. The molecular formula is C50H64N6O10. The van der Waals surface area contributed by atoms with Crippen LogP contribution in [0.5, 0.6) is 0 Å². The Morgan fingerprint density at radius 1 is 0.742 bits per heavy atom. The maximum Gasteiger partial charge on any atom is 0.407 e. The predicted octanol–water partition coefficient (Wildman–Crippen LogP) is 5.04. The summed E-state index contributed by atoms with van der Waals surface area (Å²) >= 11 is 0. The molecule has 1 aliphatic heterocycles. The van der Waals surface area contributed by atoms with Crippen molar-refractivity contribution in [2.24, 2.45) is 5.92 Å². The summed E-state index contributed by atoms with van der Waals surface area (Å²) in [6.45, 7) is 2.87. The molecule has 1 saturated heterocycles. The highest BCUT2D eigenvalue weighted by Gasteiger charge is 2.45. The lowest BCUT2D eigenvalue weighted by molar-refractivity contribution is -0.144. The SMILES string of the molecule is CNC(=O)O[C@@H](C)C(=O)N[C@H](C(=O)N1C[C@@H](NC(=O)CCOCCOCCNC(=O)OCC2c3ccccc3-c3ccccc32)C[C@H]1C(=O)N[C@@H]1CCCc2ccccc21)C1CCCCC1. The molecule has 66 heavy (non-hydrogen) atoms. The summed E-state index contributed by atoms with van der Waals surface area (Å²) in [5.74, 6) is -1.82. The largest absolute Gasteiger partial charge is 0.449 e. The molecule has 2 fully saturated rings. The van der Waals surface area contributed by atoms with Crippen LogP contribution in [0.1, 0.15) is 98.9 Å². The lowest BCUT2D eigenvalue weighted by Gasteiger charge is -2.35. The molecule has 0 bridgehead atoms. The average molecular weight is 909 g/mol. The van der Waals surface area contributed by atoms with Crippen molar-refractivity contribution in [3.05, 3.63) is 95.1 Å². The molecule has 3 aromatic rings. The first-order valence-electron chi connectivity index (χ1n) is 23.5. The lowest BCUT2D eigenvalue weighted by atomic mass is 9.83. The number of carbonyl (C=O) groups is 6. The van der Waals surface area contributed by atoms with Crippen molar-refractivity contribution in [3.63, 3.8) is 0 Å². The van der Waals surface area contributed by atoms with Crippen LogP contribution in [-0.2, 0) is 44.5 Å². The molecule has 4 aliphatic rings. The van der Waals surface area contributed by atoms with Gasteiger partial charge in [-0.2, -0.15) is 0 Å². The highest BCUT2D eigenvalue weighted by atomic mass is 16.6. The number of benzene rings is 3. The molecule has 1 heterocycles. The summed E-state index contributed by atoms with van der Waals surface area (Å²) < 4.78 is 22.0. The molecule has 5 atom stereocenters. The molecule has 3 aliphatic carbocycles. The van der Waals surface area contributed by atoms with E-state index in [1.807, 2.05) is 42.5 Å². The summed E-state index contributed by atoms with van der Waals surface area (Å²) in [6, 6.07) is 21.8. The molecule has 0 unspecified atom stereocenters. The van der Waals surface area contributed by atoms with E-state index in [0.29, 0.717) is 12.8 Å². The molecular weight excluding hydrogens is 845 g/mol. The zero-order valence-corrected chi connectivity index (χ0v) is 38.0. The minimum atomic E-state index is -1.16. The highest BCUT2D eigenvalue weighted by molar-refractivity contribution is 5.94. The minimum absolute atomic E-state index is 0.0252. The molecule has 354 valence electrons. The van der Waals surface area contributed by atoms with Crippen LogP contribution in [-0.4, -0.2) is 118 Å². The van der Waals surface area contributed by atoms with Gasteiger partial charge in [0.25, 0.3) is 5.91 Å². The van der Waals surface area contributed by atoms with Gasteiger partial charge in [-0.25, -0.2) is 9.59 Å². The van der Waals surface area contributed by atoms with E-state index in [-0.39, 0.29) is 88.7 Å². The fourth-order valence-electron chi connectivity index (χ4n) is 9.84. The molecule has 3 aromatic carbocycles. The van der Waals surface area contributed by atoms with E-state index in [1.54, 1.807) is 0 Å².